The van der Waals surface area contributed by atoms with Crippen molar-refractivity contribution in [3.05, 3.63) is 58.0 Å². The highest BCUT2D eigenvalue weighted by Crippen LogP contribution is 2.20. The Hall–Kier alpha value is -1.06. The lowest BCUT2D eigenvalue weighted by Crippen LogP contribution is -2.20. The van der Waals surface area contributed by atoms with Crippen LogP contribution in [0.15, 0.2) is 45.5 Å². The van der Waals surface area contributed by atoms with Crippen LogP contribution in [0.2, 0.25) is 0 Å². The first-order valence-electron chi connectivity index (χ1n) is 6.22. The number of benzene rings is 1. The van der Waals surface area contributed by atoms with Gasteiger partial charge in [0.05, 0.1) is 12.8 Å². The van der Waals surface area contributed by atoms with Crippen LogP contribution in [0.3, 0.4) is 0 Å². The van der Waals surface area contributed by atoms with Crippen LogP contribution in [0, 0.1) is 6.92 Å². The maximum atomic E-state index is 5.44. The van der Waals surface area contributed by atoms with Crippen LogP contribution in [0.1, 0.15) is 36.3 Å². The molecule has 0 bridgehead atoms. The highest BCUT2D eigenvalue weighted by molar-refractivity contribution is 9.10. The van der Waals surface area contributed by atoms with E-state index in [1.807, 2.05) is 6.07 Å². The third-order valence-electron chi connectivity index (χ3n) is 3.16. The summed E-state index contributed by atoms with van der Waals surface area (Å²) < 4.78 is 6.56. The largest absolute Gasteiger partial charge is 0.468 e. The van der Waals surface area contributed by atoms with Gasteiger partial charge in [-0.3, -0.25) is 0 Å². The molecular formula is C15H18BrNO. The van der Waals surface area contributed by atoms with E-state index in [9.17, 15) is 0 Å². The zero-order valence-electron chi connectivity index (χ0n) is 10.7. The molecule has 18 heavy (non-hydrogen) atoms. The molecule has 0 saturated carbocycles. The van der Waals surface area contributed by atoms with Crippen molar-refractivity contribution in [1.29, 1.82) is 0 Å². The minimum atomic E-state index is 0.364. The zero-order valence-corrected chi connectivity index (χ0v) is 12.3. The number of aryl methyl sites for hydroxylation is 1. The smallest absolute Gasteiger partial charge is 0.120 e. The average Bonchev–Trinajstić information content (AvgIpc) is 2.78. The van der Waals surface area contributed by atoms with Gasteiger partial charge in [-0.15, -0.1) is 0 Å². The quantitative estimate of drug-likeness (QED) is 0.874. The molecule has 2 aromatic rings. The van der Waals surface area contributed by atoms with E-state index in [1.165, 1.54) is 11.1 Å². The number of rotatable bonds is 5. The Kier molecular flexibility index (Phi) is 4.61. The standard InChI is InChI=1S/C15H18BrNO/c1-3-14(12-4-6-13(16)7-5-12)17-10-15-11(2)8-9-18-15/h4-9,14,17H,3,10H2,1-2H3. The average molecular weight is 308 g/mol. The van der Waals surface area contributed by atoms with Gasteiger partial charge in [0, 0.05) is 10.5 Å². The van der Waals surface area contributed by atoms with Gasteiger partial charge in [-0.25, -0.2) is 0 Å². The van der Waals surface area contributed by atoms with Crippen molar-refractivity contribution < 1.29 is 4.42 Å². The number of halogens is 1. The lowest BCUT2D eigenvalue weighted by atomic mass is 10.0. The summed E-state index contributed by atoms with van der Waals surface area (Å²) in [6.07, 6.45) is 2.80. The third kappa shape index (κ3) is 3.24. The number of nitrogens with one attached hydrogen (secondary N) is 1. The third-order valence-corrected chi connectivity index (χ3v) is 3.69. The molecule has 2 rings (SSSR count). The van der Waals surface area contributed by atoms with Gasteiger partial charge in [-0.1, -0.05) is 35.0 Å². The van der Waals surface area contributed by atoms with Crippen LogP contribution in [0.4, 0.5) is 0 Å². The Morgan fingerprint density at radius 3 is 2.50 bits per heavy atom. The molecule has 0 aliphatic heterocycles. The molecule has 1 heterocycles. The molecule has 0 amide bonds. The predicted octanol–water partition coefficient (Wildman–Crippen LogP) is 4.59. The Labute approximate surface area is 117 Å². The van der Waals surface area contributed by atoms with E-state index in [0.717, 1.165) is 23.2 Å². The van der Waals surface area contributed by atoms with Crippen molar-refractivity contribution in [2.75, 3.05) is 0 Å². The molecule has 1 atom stereocenters. The fourth-order valence-corrected chi connectivity index (χ4v) is 2.26. The second-order valence-electron chi connectivity index (χ2n) is 4.42. The Morgan fingerprint density at radius 2 is 1.94 bits per heavy atom. The Bertz CT molecular complexity index is 489. The van der Waals surface area contributed by atoms with E-state index < -0.39 is 0 Å². The Balaban J connectivity index is 2.01. The molecule has 1 N–H and O–H groups in total. The van der Waals surface area contributed by atoms with Crippen molar-refractivity contribution in [2.24, 2.45) is 0 Å². The molecule has 0 aliphatic rings. The first-order chi connectivity index (χ1) is 8.70. The number of hydrogen-bond acceptors (Lipinski definition) is 2. The van der Waals surface area contributed by atoms with Gasteiger partial charge < -0.3 is 9.73 Å². The molecule has 1 aromatic heterocycles. The normalized spacial score (nSPS) is 12.6. The van der Waals surface area contributed by atoms with Gasteiger partial charge in [0.15, 0.2) is 0 Å². The van der Waals surface area contributed by atoms with Gasteiger partial charge in [0.2, 0.25) is 0 Å². The molecule has 2 nitrogen and oxygen atoms in total. The van der Waals surface area contributed by atoms with Crippen LogP contribution in [0.25, 0.3) is 0 Å². The van der Waals surface area contributed by atoms with Crippen molar-refractivity contribution in [2.45, 2.75) is 32.9 Å². The van der Waals surface area contributed by atoms with E-state index in [4.69, 9.17) is 4.42 Å². The van der Waals surface area contributed by atoms with E-state index in [-0.39, 0.29) is 0 Å². The van der Waals surface area contributed by atoms with Gasteiger partial charge in [0.25, 0.3) is 0 Å². The molecule has 0 spiro atoms. The van der Waals surface area contributed by atoms with Crippen LogP contribution in [-0.2, 0) is 6.54 Å². The highest BCUT2D eigenvalue weighted by Gasteiger charge is 2.10. The van der Waals surface area contributed by atoms with Gasteiger partial charge in [-0.2, -0.15) is 0 Å². The maximum absolute atomic E-state index is 5.44. The summed E-state index contributed by atoms with van der Waals surface area (Å²) in [7, 11) is 0. The van der Waals surface area contributed by atoms with Crippen LogP contribution in [-0.4, -0.2) is 0 Å². The fraction of sp³-hybridized carbons (Fsp3) is 0.333. The van der Waals surface area contributed by atoms with E-state index >= 15 is 0 Å². The molecule has 0 radical (unpaired) electrons. The second kappa shape index (κ2) is 6.21. The molecule has 1 aromatic carbocycles. The van der Waals surface area contributed by atoms with Crippen molar-refractivity contribution in [1.82, 2.24) is 5.32 Å². The molecule has 3 heteroatoms. The predicted molar refractivity (Wildman–Crippen MR) is 77.5 cm³/mol. The van der Waals surface area contributed by atoms with Crippen molar-refractivity contribution >= 4 is 15.9 Å². The number of hydrogen-bond donors (Lipinski definition) is 1. The first-order valence-corrected chi connectivity index (χ1v) is 7.01. The van der Waals surface area contributed by atoms with Gasteiger partial charge in [-0.05, 0) is 42.7 Å². The first kappa shape index (κ1) is 13.4. The van der Waals surface area contributed by atoms with Crippen LogP contribution >= 0.6 is 15.9 Å². The minimum Gasteiger partial charge on any atom is -0.468 e. The summed E-state index contributed by atoms with van der Waals surface area (Å²) in [5.74, 6) is 1.02. The monoisotopic (exact) mass is 307 g/mol. The lowest BCUT2D eigenvalue weighted by Gasteiger charge is -2.17. The summed E-state index contributed by atoms with van der Waals surface area (Å²) >= 11 is 3.46. The van der Waals surface area contributed by atoms with E-state index in [2.05, 4.69) is 59.4 Å². The van der Waals surface area contributed by atoms with Gasteiger partial charge >= 0.3 is 0 Å². The summed E-state index contributed by atoms with van der Waals surface area (Å²) in [5, 5.41) is 3.54. The molecule has 0 aliphatic carbocycles. The van der Waals surface area contributed by atoms with Crippen LogP contribution in [0.5, 0.6) is 0 Å². The highest BCUT2D eigenvalue weighted by atomic mass is 79.9. The maximum Gasteiger partial charge on any atom is 0.120 e. The van der Waals surface area contributed by atoms with Crippen molar-refractivity contribution in [3.8, 4) is 0 Å². The summed E-state index contributed by atoms with van der Waals surface area (Å²) in [5.41, 5.74) is 2.51. The molecule has 0 fully saturated rings. The topological polar surface area (TPSA) is 25.2 Å². The SMILES string of the molecule is CCC(NCc1occc1C)c1ccc(Br)cc1. The summed E-state index contributed by atoms with van der Waals surface area (Å²) in [6.45, 7) is 5.03. The van der Waals surface area contributed by atoms with Crippen molar-refractivity contribution in [3.63, 3.8) is 0 Å². The molecule has 1 unspecified atom stereocenters. The Morgan fingerprint density at radius 1 is 1.22 bits per heavy atom. The zero-order chi connectivity index (χ0) is 13.0. The fourth-order valence-electron chi connectivity index (χ4n) is 1.99. The minimum absolute atomic E-state index is 0.364. The second-order valence-corrected chi connectivity index (χ2v) is 5.34. The van der Waals surface area contributed by atoms with E-state index in [1.54, 1.807) is 6.26 Å². The lowest BCUT2D eigenvalue weighted by molar-refractivity contribution is 0.441. The molecule has 96 valence electrons. The summed E-state index contributed by atoms with van der Waals surface area (Å²) in [4.78, 5) is 0. The van der Waals surface area contributed by atoms with E-state index in [0.29, 0.717) is 6.04 Å². The van der Waals surface area contributed by atoms with Crippen LogP contribution < -0.4 is 5.32 Å². The summed E-state index contributed by atoms with van der Waals surface area (Å²) in [6, 6.07) is 10.8. The molecule has 0 saturated heterocycles. The number of furan rings is 1. The van der Waals surface area contributed by atoms with Gasteiger partial charge in [0.1, 0.15) is 5.76 Å². The molecular weight excluding hydrogens is 290 g/mol.